The second-order valence-electron chi connectivity index (χ2n) is 5.22. The molecule has 1 aromatic rings. The van der Waals surface area contributed by atoms with Crippen molar-refractivity contribution < 1.29 is 17.9 Å². The van der Waals surface area contributed by atoms with E-state index in [1.165, 1.54) is 6.07 Å². The van der Waals surface area contributed by atoms with Crippen LogP contribution in [0.3, 0.4) is 0 Å². The van der Waals surface area contributed by atoms with E-state index in [9.17, 15) is 13.2 Å². The summed E-state index contributed by atoms with van der Waals surface area (Å²) < 4.78 is 43.9. The molecule has 118 valence electrons. The zero-order valence-corrected chi connectivity index (χ0v) is 12.1. The van der Waals surface area contributed by atoms with E-state index in [-0.39, 0.29) is 12.6 Å². The van der Waals surface area contributed by atoms with Crippen LogP contribution in [0.25, 0.3) is 0 Å². The van der Waals surface area contributed by atoms with Crippen LogP contribution in [0.4, 0.5) is 18.9 Å². The van der Waals surface area contributed by atoms with Gasteiger partial charge in [-0.25, -0.2) is 0 Å². The molecular weight excluding hydrogens is 281 g/mol. The Labute approximate surface area is 122 Å². The molecule has 21 heavy (non-hydrogen) atoms. The lowest BCUT2D eigenvalue weighted by Crippen LogP contribution is -2.33. The van der Waals surface area contributed by atoms with Crippen LogP contribution in [0, 0.1) is 0 Å². The number of benzene rings is 1. The number of nitrogens with zero attached hydrogens (tertiary/aromatic N) is 1. The second-order valence-corrected chi connectivity index (χ2v) is 5.22. The van der Waals surface area contributed by atoms with Gasteiger partial charge >= 0.3 is 6.18 Å². The zero-order valence-electron chi connectivity index (χ0n) is 12.1. The maximum atomic E-state index is 12.8. The second kappa shape index (κ2) is 6.66. The van der Waals surface area contributed by atoms with E-state index >= 15 is 0 Å². The van der Waals surface area contributed by atoms with Gasteiger partial charge in [-0.05, 0) is 43.5 Å². The van der Waals surface area contributed by atoms with E-state index in [0.717, 1.165) is 37.3 Å². The van der Waals surface area contributed by atoms with Crippen LogP contribution in [0.15, 0.2) is 18.2 Å². The highest BCUT2D eigenvalue weighted by atomic mass is 19.4. The van der Waals surface area contributed by atoms with Crippen LogP contribution in [0.5, 0.6) is 0 Å². The van der Waals surface area contributed by atoms with Crippen molar-refractivity contribution in [1.82, 2.24) is 0 Å². The van der Waals surface area contributed by atoms with Gasteiger partial charge in [0.05, 0.1) is 11.7 Å². The van der Waals surface area contributed by atoms with Crippen molar-refractivity contribution in [2.24, 2.45) is 5.73 Å². The van der Waals surface area contributed by atoms with Gasteiger partial charge in [0.1, 0.15) is 0 Å². The summed E-state index contributed by atoms with van der Waals surface area (Å²) in [6, 6.07) is 3.78. The Morgan fingerprint density at radius 1 is 1.38 bits per heavy atom. The molecule has 0 radical (unpaired) electrons. The number of ether oxygens (including phenoxy) is 1. The van der Waals surface area contributed by atoms with Gasteiger partial charge < -0.3 is 15.4 Å². The van der Waals surface area contributed by atoms with Gasteiger partial charge in [-0.2, -0.15) is 13.2 Å². The summed E-state index contributed by atoms with van der Waals surface area (Å²) in [5.74, 6) is 0. The fourth-order valence-corrected chi connectivity index (χ4v) is 2.67. The molecule has 2 N–H and O–H groups in total. The van der Waals surface area contributed by atoms with Crippen molar-refractivity contribution in [1.29, 1.82) is 0 Å². The maximum absolute atomic E-state index is 12.8. The van der Waals surface area contributed by atoms with E-state index in [4.69, 9.17) is 10.5 Å². The van der Waals surface area contributed by atoms with Crippen molar-refractivity contribution in [2.45, 2.75) is 38.6 Å². The molecule has 1 aliphatic heterocycles. The van der Waals surface area contributed by atoms with Gasteiger partial charge in [-0.1, -0.05) is 0 Å². The van der Waals surface area contributed by atoms with Gasteiger partial charge in [0.2, 0.25) is 0 Å². The Hall–Kier alpha value is -1.27. The molecule has 6 heteroatoms. The van der Waals surface area contributed by atoms with Crippen LogP contribution in [0.2, 0.25) is 0 Å². The van der Waals surface area contributed by atoms with Crippen molar-refractivity contribution in [3.05, 3.63) is 29.3 Å². The molecule has 0 amide bonds. The first-order valence-corrected chi connectivity index (χ1v) is 7.22. The molecule has 0 aliphatic carbocycles. The Kier molecular flexibility index (Phi) is 5.11. The summed E-state index contributed by atoms with van der Waals surface area (Å²) in [6.07, 6.45) is -2.15. The molecule has 1 unspecified atom stereocenters. The molecule has 0 saturated carbocycles. The molecular formula is C15H21F3N2O. The predicted octanol–water partition coefficient (Wildman–Crippen LogP) is 3.17. The van der Waals surface area contributed by atoms with E-state index in [0.29, 0.717) is 18.7 Å². The Morgan fingerprint density at radius 2 is 2.14 bits per heavy atom. The van der Waals surface area contributed by atoms with E-state index in [2.05, 4.69) is 0 Å². The summed E-state index contributed by atoms with van der Waals surface area (Å²) in [5, 5.41) is 0. The van der Waals surface area contributed by atoms with Gasteiger partial charge in [-0.15, -0.1) is 0 Å². The number of hydrogen-bond donors (Lipinski definition) is 1. The Balaban J connectivity index is 2.23. The molecule has 1 saturated heterocycles. The number of hydrogen-bond acceptors (Lipinski definition) is 3. The molecule has 1 fully saturated rings. The standard InChI is InChI=1S/C15H21F3N2O/c1-2-20(10-13-4-3-7-21-13)14-6-5-12(15(16,17)18)8-11(14)9-19/h5-6,8,13H,2-4,7,9-10,19H2,1H3. The van der Waals surface area contributed by atoms with Gasteiger partial charge in [-0.3, -0.25) is 0 Å². The minimum absolute atomic E-state index is 0.0846. The number of alkyl halides is 3. The Bertz CT molecular complexity index is 470. The number of anilines is 1. The minimum Gasteiger partial charge on any atom is -0.376 e. The van der Waals surface area contributed by atoms with Gasteiger partial charge in [0.25, 0.3) is 0 Å². The molecule has 1 atom stereocenters. The highest BCUT2D eigenvalue weighted by Crippen LogP contribution is 2.33. The monoisotopic (exact) mass is 302 g/mol. The van der Waals surface area contributed by atoms with Crippen LogP contribution < -0.4 is 10.6 Å². The van der Waals surface area contributed by atoms with Crippen LogP contribution in [-0.4, -0.2) is 25.8 Å². The summed E-state index contributed by atoms with van der Waals surface area (Å²) >= 11 is 0. The number of likely N-dealkylation sites (N-methyl/N-ethyl adjacent to an activating group) is 1. The lowest BCUT2D eigenvalue weighted by atomic mass is 10.1. The van der Waals surface area contributed by atoms with Crippen LogP contribution in [-0.2, 0) is 17.5 Å². The molecule has 0 aromatic heterocycles. The van der Waals surface area contributed by atoms with Crippen molar-refractivity contribution >= 4 is 5.69 Å². The van der Waals surface area contributed by atoms with E-state index in [1.807, 2.05) is 11.8 Å². The SMILES string of the molecule is CCN(CC1CCCO1)c1ccc(C(F)(F)F)cc1CN. The quantitative estimate of drug-likeness (QED) is 0.908. The average molecular weight is 302 g/mol. The van der Waals surface area contributed by atoms with Gasteiger partial charge in [0, 0.05) is 31.9 Å². The van der Waals surface area contributed by atoms with E-state index in [1.54, 1.807) is 0 Å². The van der Waals surface area contributed by atoms with Crippen molar-refractivity contribution in [3.8, 4) is 0 Å². The lowest BCUT2D eigenvalue weighted by molar-refractivity contribution is -0.137. The summed E-state index contributed by atoms with van der Waals surface area (Å²) in [7, 11) is 0. The van der Waals surface area contributed by atoms with Crippen molar-refractivity contribution in [2.75, 3.05) is 24.6 Å². The minimum atomic E-state index is -4.34. The molecule has 0 bridgehead atoms. The van der Waals surface area contributed by atoms with Gasteiger partial charge in [0.15, 0.2) is 0 Å². The molecule has 2 rings (SSSR count). The summed E-state index contributed by atoms with van der Waals surface area (Å²) in [5.41, 5.74) is 6.27. The zero-order chi connectivity index (χ0) is 15.5. The summed E-state index contributed by atoms with van der Waals surface area (Å²) in [4.78, 5) is 2.04. The third kappa shape index (κ3) is 3.89. The van der Waals surface area contributed by atoms with Crippen LogP contribution in [0.1, 0.15) is 30.9 Å². The third-order valence-corrected chi connectivity index (χ3v) is 3.80. The predicted molar refractivity (Wildman–Crippen MR) is 76.2 cm³/mol. The molecule has 1 heterocycles. The number of halogens is 3. The molecule has 3 nitrogen and oxygen atoms in total. The van der Waals surface area contributed by atoms with Crippen molar-refractivity contribution in [3.63, 3.8) is 0 Å². The van der Waals surface area contributed by atoms with E-state index < -0.39 is 11.7 Å². The lowest BCUT2D eigenvalue weighted by Gasteiger charge is -2.28. The normalized spacial score (nSPS) is 19.0. The first-order valence-electron chi connectivity index (χ1n) is 7.22. The highest BCUT2D eigenvalue weighted by Gasteiger charge is 2.31. The molecule has 1 aliphatic rings. The smallest absolute Gasteiger partial charge is 0.376 e. The molecule has 0 spiro atoms. The summed E-state index contributed by atoms with van der Waals surface area (Å²) in [6.45, 7) is 4.22. The topological polar surface area (TPSA) is 38.5 Å². The third-order valence-electron chi connectivity index (χ3n) is 3.80. The maximum Gasteiger partial charge on any atom is 0.416 e. The first kappa shape index (κ1) is 16.1. The fourth-order valence-electron chi connectivity index (χ4n) is 2.67. The van der Waals surface area contributed by atoms with Crippen LogP contribution >= 0.6 is 0 Å². The average Bonchev–Trinajstić information content (AvgIpc) is 2.96. The first-order chi connectivity index (χ1) is 9.95. The largest absolute Gasteiger partial charge is 0.416 e. The number of nitrogens with two attached hydrogens (primary N) is 1. The number of rotatable bonds is 5. The highest BCUT2D eigenvalue weighted by molar-refractivity contribution is 5.55. The molecule has 1 aromatic carbocycles. The fraction of sp³-hybridized carbons (Fsp3) is 0.600. The Morgan fingerprint density at radius 3 is 2.67 bits per heavy atom.